The zero-order valence-corrected chi connectivity index (χ0v) is 27.8. The maximum atomic E-state index is 6.65. The summed E-state index contributed by atoms with van der Waals surface area (Å²) in [4.78, 5) is 2.39. The molecule has 0 radical (unpaired) electrons. The number of aromatic nitrogens is 1. The summed E-state index contributed by atoms with van der Waals surface area (Å²) < 4.78 is 9.07. The second kappa shape index (κ2) is 11.9. The highest BCUT2D eigenvalue weighted by molar-refractivity contribution is 6.22. The van der Waals surface area contributed by atoms with E-state index in [0.29, 0.717) is 0 Å². The maximum absolute atomic E-state index is 6.65. The Morgan fingerprint density at radius 2 is 1.02 bits per heavy atom. The Balaban J connectivity index is 1.30. The van der Waals surface area contributed by atoms with Crippen LogP contribution >= 0.6 is 0 Å². The summed E-state index contributed by atoms with van der Waals surface area (Å²) in [5, 5.41) is 4.61. The number of furan rings is 1. The van der Waals surface area contributed by atoms with Gasteiger partial charge in [-0.2, -0.15) is 0 Å². The average Bonchev–Trinajstić information content (AvgIpc) is 3.76. The van der Waals surface area contributed by atoms with Crippen LogP contribution in [0.1, 0.15) is 0 Å². The molecule has 2 heterocycles. The highest BCUT2D eigenvalue weighted by Gasteiger charge is 2.25. The van der Waals surface area contributed by atoms with Crippen molar-refractivity contribution in [2.75, 3.05) is 4.90 Å². The van der Waals surface area contributed by atoms with Crippen molar-refractivity contribution < 1.29 is 4.42 Å². The molecule has 3 heteroatoms. The van der Waals surface area contributed by atoms with Crippen LogP contribution in [0.4, 0.5) is 17.1 Å². The third-order valence-corrected chi connectivity index (χ3v) is 9.99. The van der Waals surface area contributed by atoms with Gasteiger partial charge in [-0.3, -0.25) is 0 Å². The molecule has 0 fully saturated rings. The van der Waals surface area contributed by atoms with Crippen molar-refractivity contribution in [1.82, 2.24) is 4.57 Å². The van der Waals surface area contributed by atoms with Gasteiger partial charge >= 0.3 is 0 Å². The third-order valence-electron chi connectivity index (χ3n) is 9.99. The molecule has 51 heavy (non-hydrogen) atoms. The molecule has 10 rings (SSSR count). The van der Waals surface area contributed by atoms with Crippen LogP contribution in [-0.2, 0) is 0 Å². The number of nitrogens with zero attached hydrogens (tertiary/aromatic N) is 2. The Morgan fingerprint density at radius 1 is 0.412 bits per heavy atom. The first-order valence-corrected chi connectivity index (χ1v) is 17.4. The quantitative estimate of drug-likeness (QED) is 0.178. The van der Waals surface area contributed by atoms with Crippen LogP contribution in [0, 0.1) is 0 Å². The van der Waals surface area contributed by atoms with Crippen molar-refractivity contribution in [2.45, 2.75) is 0 Å². The number of hydrogen-bond acceptors (Lipinski definition) is 2. The van der Waals surface area contributed by atoms with Crippen molar-refractivity contribution in [3.05, 3.63) is 194 Å². The van der Waals surface area contributed by atoms with Crippen molar-refractivity contribution >= 4 is 60.8 Å². The van der Waals surface area contributed by atoms with Crippen LogP contribution in [0.2, 0.25) is 0 Å². The van der Waals surface area contributed by atoms with Gasteiger partial charge in [0, 0.05) is 49.7 Å². The van der Waals surface area contributed by atoms with E-state index in [1.807, 2.05) is 6.07 Å². The summed E-state index contributed by atoms with van der Waals surface area (Å²) in [6.07, 6.45) is 0. The summed E-state index contributed by atoms with van der Waals surface area (Å²) in [5.41, 5.74) is 13.0. The largest absolute Gasteiger partial charge is 0.455 e. The molecule has 0 aliphatic rings. The first-order chi connectivity index (χ1) is 25.3. The fourth-order valence-corrected chi connectivity index (χ4v) is 7.72. The van der Waals surface area contributed by atoms with E-state index in [4.69, 9.17) is 4.42 Å². The average molecular weight is 653 g/mol. The van der Waals surface area contributed by atoms with Crippen molar-refractivity contribution in [3.63, 3.8) is 0 Å². The molecule has 3 nitrogen and oxygen atoms in total. The van der Waals surface area contributed by atoms with Gasteiger partial charge in [0.15, 0.2) is 0 Å². The van der Waals surface area contributed by atoms with E-state index in [9.17, 15) is 0 Å². The molecule has 0 amide bonds. The monoisotopic (exact) mass is 652 g/mol. The fraction of sp³-hybridized carbons (Fsp3) is 0. The van der Waals surface area contributed by atoms with Gasteiger partial charge in [0.1, 0.15) is 11.2 Å². The van der Waals surface area contributed by atoms with Gasteiger partial charge in [-0.25, -0.2) is 0 Å². The first-order valence-electron chi connectivity index (χ1n) is 17.4. The minimum absolute atomic E-state index is 0.894. The molecule has 10 aromatic rings. The van der Waals surface area contributed by atoms with E-state index >= 15 is 0 Å². The Kier molecular flexibility index (Phi) is 6.81. The summed E-state index contributed by atoms with van der Waals surface area (Å²) >= 11 is 0. The number of anilines is 3. The smallest absolute Gasteiger partial charge is 0.143 e. The number of benzene rings is 8. The van der Waals surface area contributed by atoms with Crippen molar-refractivity contribution in [2.24, 2.45) is 0 Å². The molecule has 0 aliphatic heterocycles. The zero-order valence-electron chi connectivity index (χ0n) is 27.8. The van der Waals surface area contributed by atoms with Gasteiger partial charge < -0.3 is 13.9 Å². The number of hydrogen-bond donors (Lipinski definition) is 0. The lowest BCUT2D eigenvalue weighted by atomic mass is 9.97. The second-order valence-electron chi connectivity index (χ2n) is 12.9. The van der Waals surface area contributed by atoms with Gasteiger partial charge in [0.2, 0.25) is 0 Å². The number of rotatable bonds is 6. The topological polar surface area (TPSA) is 21.3 Å². The summed E-state index contributed by atoms with van der Waals surface area (Å²) in [6.45, 7) is 0. The lowest BCUT2D eigenvalue weighted by Gasteiger charge is -2.27. The lowest BCUT2D eigenvalue weighted by Crippen LogP contribution is -2.10. The molecule has 0 saturated carbocycles. The minimum atomic E-state index is 0.894. The van der Waals surface area contributed by atoms with E-state index in [1.54, 1.807) is 0 Å². The Hall–Kier alpha value is -6.84. The molecule has 0 aliphatic carbocycles. The number of fused-ring (bicyclic) bond motifs is 6. The molecule has 2 aromatic heterocycles. The second-order valence-corrected chi connectivity index (χ2v) is 12.9. The van der Waals surface area contributed by atoms with Crippen molar-refractivity contribution in [1.29, 1.82) is 0 Å². The van der Waals surface area contributed by atoms with Gasteiger partial charge in [0.25, 0.3) is 0 Å². The lowest BCUT2D eigenvalue weighted by molar-refractivity contribution is 0.670. The van der Waals surface area contributed by atoms with Gasteiger partial charge in [-0.05, 0) is 65.7 Å². The van der Waals surface area contributed by atoms with Gasteiger partial charge in [-0.15, -0.1) is 0 Å². The SMILES string of the molecule is c1ccc(-c2ccc(N(c3ccccc3)c3ccc(-c4cccc5c4oc4ccccc45)c4c3c3ccccc3n4-c3ccccc3)cc2)cc1. The first kappa shape index (κ1) is 29.1. The molecule has 8 aromatic carbocycles. The molecule has 240 valence electrons. The van der Waals surface area contributed by atoms with E-state index in [2.05, 4.69) is 198 Å². The van der Waals surface area contributed by atoms with E-state index in [-0.39, 0.29) is 0 Å². The Bertz CT molecular complexity index is 2830. The molecule has 0 spiro atoms. The van der Waals surface area contributed by atoms with E-state index in [1.165, 1.54) is 21.9 Å². The fourth-order valence-electron chi connectivity index (χ4n) is 7.72. The third kappa shape index (κ3) is 4.74. The maximum Gasteiger partial charge on any atom is 0.143 e. The summed E-state index contributed by atoms with van der Waals surface area (Å²) in [5.74, 6) is 0. The highest BCUT2D eigenvalue weighted by atomic mass is 16.3. The van der Waals surface area contributed by atoms with Crippen LogP contribution in [0.15, 0.2) is 199 Å². The molecule has 0 N–H and O–H groups in total. The van der Waals surface area contributed by atoms with Crippen molar-refractivity contribution in [3.8, 4) is 27.9 Å². The predicted molar refractivity (Wildman–Crippen MR) is 214 cm³/mol. The van der Waals surface area contributed by atoms with Crippen LogP contribution < -0.4 is 4.90 Å². The van der Waals surface area contributed by atoms with E-state index in [0.717, 1.165) is 66.8 Å². The molecule has 0 unspecified atom stereocenters. The molecular weight excluding hydrogens is 621 g/mol. The molecule has 0 saturated heterocycles. The number of para-hydroxylation sites is 5. The predicted octanol–water partition coefficient (Wildman–Crippen LogP) is 13.5. The normalized spacial score (nSPS) is 11.5. The standard InChI is InChI=1S/C48H32N2O/c1-4-15-33(16-5-1)34-27-29-37(30-28-34)49(35-17-6-2-7-18-35)44-32-31-39(41-24-14-23-40-38-21-11-13-26-45(38)51-48(40)41)47-46(44)42-22-10-12-25-43(42)50(47)36-19-8-3-9-20-36/h1-32H. The Morgan fingerprint density at radius 3 is 1.80 bits per heavy atom. The van der Waals surface area contributed by atoms with Gasteiger partial charge in [0.05, 0.1) is 16.7 Å². The zero-order chi connectivity index (χ0) is 33.7. The van der Waals surface area contributed by atoms with E-state index < -0.39 is 0 Å². The van der Waals surface area contributed by atoms with Crippen LogP contribution in [0.25, 0.3) is 71.7 Å². The van der Waals surface area contributed by atoms with Crippen LogP contribution in [0.5, 0.6) is 0 Å². The molecule has 0 bridgehead atoms. The Labute approximate surface area is 295 Å². The minimum Gasteiger partial charge on any atom is -0.455 e. The van der Waals surface area contributed by atoms with Gasteiger partial charge in [-0.1, -0.05) is 140 Å². The van der Waals surface area contributed by atoms with Crippen LogP contribution in [0.3, 0.4) is 0 Å². The van der Waals surface area contributed by atoms with Crippen LogP contribution in [-0.4, -0.2) is 4.57 Å². The molecular formula is C48H32N2O. The molecule has 0 atom stereocenters. The highest BCUT2D eigenvalue weighted by Crippen LogP contribution is 2.48. The summed E-state index contributed by atoms with van der Waals surface area (Å²) in [6, 6.07) is 69.0. The summed E-state index contributed by atoms with van der Waals surface area (Å²) in [7, 11) is 0.